The van der Waals surface area contributed by atoms with Crippen LogP contribution in [0.4, 0.5) is 14.5 Å². The van der Waals surface area contributed by atoms with Gasteiger partial charge in [0.25, 0.3) is 5.92 Å². The first-order valence-corrected chi connectivity index (χ1v) is 4.66. The standard InChI is InChI=1S/C9H13F2N3/c1-6-8(12)5-14(13-6)3-2-7-4-9(7,10)11/h5,7H,2-4,12H2,1H3. The Labute approximate surface area is 80.9 Å². The van der Waals surface area contributed by atoms with Crippen molar-refractivity contribution < 1.29 is 8.78 Å². The van der Waals surface area contributed by atoms with Gasteiger partial charge in [-0.05, 0) is 13.3 Å². The average Bonchev–Trinajstić information content (AvgIpc) is 2.56. The maximum Gasteiger partial charge on any atom is 0.251 e. The van der Waals surface area contributed by atoms with Crippen molar-refractivity contribution in [2.75, 3.05) is 5.73 Å². The predicted molar refractivity (Wildman–Crippen MR) is 49.0 cm³/mol. The lowest BCUT2D eigenvalue weighted by Crippen LogP contribution is -2.02. The van der Waals surface area contributed by atoms with Crippen molar-refractivity contribution in [1.82, 2.24) is 9.78 Å². The molecule has 78 valence electrons. The first kappa shape index (κ1) is 9.43. The smallest absolute Gasteiger partial charge is 0.251 e. The van der Waals surface area contributed by atoms with Crippen molar-refractivity contribution in [1.29, 1.82) is 0 Å². The highest BCUT2D eigenvalue weighted by atomic mass is 19.3. The average molecular weight is 201 g/mol. The Kier molecular flexibility index (Phi) is 1.97. The second-order valence-electron chi connectivity index (χ2n) is 3.88. The lowest BCUT2D eigenvalue weighted by Gasteiger charge is -1.99. The van der Waals surface area contributed by atoms with Crippen molar-refractivity contribution in [2.45, 2.75) is 32.2 Å². The maximum absolute atomic E-state index is 12.5. The number of nitrogens with zero attached hydrogens (tertiary/aromatic N) is 2. The highest BCUT2D eigenvalue weighted by Crippen LogP contribution is 2.50. The number of halogens is 2. The van der Waals surface area contributed by atoms with E-state index in [2.05, 4.69) is 5.10 Å². The Hall–Kier alpha value is -1.13. The molecule has 0 spiro atoms. The second kappa shape index (κ2) is 2.93. The Bertz CT molecular complexity index is 326. The largest absolute Gasteiger partial charge is 0.396 e. The molecule has 1 fully saturated rings. The van der Waals surface area contributed by atoms with Gasteiger partial charge in [0.2, 0.25) is 0 Å². The second-order valence-corrected chi connectivity index (χ2v) is 3.88. The van der Waals surface area contributed by atoms with E-state index in [1.54, 1.807) is 17.8 Å². The van der Waals surface area contributed by atoms with Crippen LogP contribution >= 0.6 is 0 Å². The van der Waals surface area contributed by atoms with Gasteiger partial charge in [0.15, 0.2) is 0 Å². The summed E-state index contributed by atoms with van der Waals surface area (Å²) < 4.78 is 26.7. The summed E-state index contributed by atoms with van der Waals surface area (Å²) in [6, 6.07) is 0. The third kappa shape index (κ3) is 1.71. The molecule has 1 unspecified atom stereocenters. The molecule has 2 N–H and O–H groups in total. The van der Waals surface area contributed by atoms with Crippen LogP contribution in [0.15, 0.2) is 6.20 Å². The van der Waals surface area contributed by atoms with Gasteiger partial charge in [-0.15, -0.1) is 0 Å². The van der Waals surface area contributed by atoms with E-state index in [9.17, 15) is 8.78 Å². The van der Waals surface area contributed by atoms with Gasteiger partial charge in [-0.1, -0.05) is 0 Å². The molecule has 5 heteroatoms. The van der Waals surface area contributed by atoms with Gasteiger partial charge in [-0.3, -0.25) is 4.68 Å². The quantitative estimate of drug-likeness (QED) is 0.810. The van der Waals surface area contributed by atoms with E-state index in [4.69, 9.17) is 5.73 Å². The minimum Gasteiger partial charge on any atom is -0.396 e. The fourth-order valence-electron chi connectivity index (χ4n) is 1.52. The van der Waals surface area contributed by atoms with Gasteiger partial charge in [0.1, 0.15) is 0 Å². The molecular weight excluding hydrogens is 188 g/mol. The van der Waals surface area contributed by atoms with Crippen LogP contribution in [0.25, 0.3) is 0 Å². The monoisotopic (exact) mass is 201 g/mol. The van der Waals surface area contributed by atoms with Gasteiger partial charge >= 0.3 is 0 Å². The Morgan fingerprint density at radius 1 is 1.71 bits per heavy atom. The molecule has 14 heavy (non-hydrogen) atoms. The summed E-state index contributed by atoms with van der Waals surface area (Å²) in [4.78, 5) is 0. The lowest BCUT2D eigenvalue weighted by atomic mass is 10.3. The number of nitrogens with two attached hydrogens (primary N) is 1. The number of aryl methyl sites for hydroxylation is 2. The van der Waals surface area contributed by atoms with Gasteiger partial charge in [-0.25, -0.2) is 8.78 Å². The molecular formula is C9H13F2N3. The summed E-state index contributed by atoms with van der Waals surface area (Å²) in [5.41, 5.74) is 6.96. The van der Waals surface area contributed by atoms with Crippen molar-refractivity contribution in [2.24, 2.45) is 5.92 Å². The van der Waals surface area contributed by atoms with E-state index in [-0.39, 0.29) is 6.42 Å². The molecule has 2 rings (SSSR count). The third-order valence-corrected chi connectivity index (χ3v) is 2.65. The SMILES string of the molecule is Cc1nn(CCC2CC2(F)F)cc1N. The Morgan fingerprint density at radius 3 is 2.79 bits per heavy atom. The molecule has 1 aliphatic rings. The number of rotatable bonds is 3. The van der Waals surface area contributed by atoms with Crippen molar-refractivity contribution in [3.8, 4) is 0 Å². The van der Waals surface area contributed by atoms with Crippen molar-refractivity contribution in [3.63, 3.8) is 0 Å². The maximum atomic E-state index is 12.5. The highest BCUT2D eigenvalue weighted by Gasteiger charge is 2.55. The molecule has 1 atom stereocenters. The summed E-state index contributed by atoms with van der Waals surface area (Å²) in [7, 11) is 0. The molecule has 0 aliphatic heterocycles. The van der Waals surface area contributed by atoms with E-state index >= 15 is 0 Å². The van der Waals surface area contributed by atoms with Crippen LogP contribution < -0.4 is 5.73 Å². The fourth-order valence-corrected chi connectivity index (χ4v) is 1.52. The zero-order chi connectivity index (χ0) is 10.3. The molecule has 1 saturated carbocycles. The predicted octanol–water partition coefficient (Wildman–Crippen LogP) is 1.82. The van der Waals surface area contributed by atoms with E-state index in [1.807, 2.05) is 0 Å². The third-order valence-electron chi connectivity index (χ3n) is 2.65. The zero-order valence-electron chi connectivity index (χ0n) is 8.00. The summed E-state index contributed by atoms with van der Waals surface area (Å²) in [5.74, 6) is -2.87. The summed E-state index contributed by atoms with van der Waals surface area (Å²) in [5, 5.41) is 4.10. The number of alkyl halides is 2. The molecule has 1 aliphatic carbocycles. The number of nitrogen functional groups attached to an aromatic ring is 1. The zero-order valence-corrected chi connectivity index (χ0v) is 8.00. The molecule has 0 saturated heterocycles. The van der Waals surface area contributed by atoms with Crippen LogP contribution in [-0.4, -0.2) is 15.7 Å². The molecule has 0 aromatic carbocycles. The number of aromatic nitrogens is 2. The molecule has 1 aromatic heterocycles. The van der Waals surface area contributed by atoms with Crippen LogP contribution in [0.3, 0.4) is 0 Å². The summed E-state index contributed by atoms with van der Waals surface area (Å²) in [6.45, 7) is 2.33. The van der Waals surface area contributed by atoms with Crippen molar-refractivity contribution >= 4 is 5.69 Å². The van der Waals surface area contributed by atoms with Crippen molar-refractivity contribution in [3.05, 3.63) is 11.9 Å². The van der Waals surface area contributed by atoms with Crippen LogP contribution in [-0.2, 0) is 6.54 Å². The van der Waals surface area contributed by atoms with E-state index < -0.39 is 11.8 Å². The van der Waals surface area contributed by atoms with Gasteiger partial charge < -0.3 is 5.73 Å². The molecule has 1 aromatic rings. The van der Waals surface area contributed by atoms with Gasteiger partial charge in [-0.2, -0.15) is 5.10 Å². The Balaban J connectivity index is 1.87. The summed E-state index contributed by atoms with van der Waals surface area (Å²) in [6.07, 6.45) is 2.20. The molecule has 0 bridgehead atoms. The lowest BCUT2D eigenvalue weighted by molar-refractivity contribution is 0.0958. The fraction of sp³-hybridized carbons (Fsp3) is 0.667. The topological polar surface area (TPSA) is 43.8 Å². The van der Waals surface area contributed by atoms with Crippen LogP contribution in [0.2, 0.25) is 0 Å². The van der Waals surface area contributed by atoms with E-state index in [0.29, 0.717) is 18.7 Å². The molecule has 0 amide bonds. The van der Waals surface area contributed by atoms with Crippen LogP contribution in [0.1, 0.15) is 18.5 Å². The molecule has 3 nitrogen and oxygen atoms in total. The summed E-state index contributed by atoms with van der Waals surface area (Å²) >= 11 is 0. The minimum atomic E-state index is -2.42. The highest BCUT2D eigenvalue weighted by molar-refractivity contribution is 5.39. The molecule has 0 radical (unpaired) electrons. The Morgan fingerprint density at radius 2 is 2.36 bits per heavy atom. The first-order chi connectivity index (χ1) is 6.49. The van der Waals surface area contributed by atoms with Gasteiger partial charge in [0, 0.05) is 25.1 Å². The number of hydrogen-bond donors (Lipinski definition) is 1. The van der Waals surface area contributed by atoms with Gasteiger partial charge in [0.05, 0.1) is 11.4 Å². The number of anilines is 1. The normalized spacial score (nSPS) is 23.8. The van der Waals surface area contributed by atoms with Crippen LogP contribution in [0.5, 0.6) is 0 Å². The van der Waals surface area contributed by atoms with E-state index in [0.717, 1.165) is 5.69 Å². The number of hydrogen-bond acceptors (Lipinski definition) is 2. The minimum absolute atomic E-state index is 0.0305. The van der Waals surface area contributed by atoms with E-state index in [1.165, 1.54) is 0 Å². The van der Waals surface area contributed by atoms with Crippen LogP contribution in [0, 0.1) is 12.8 Å². The molecule has 1 heterocycles. The first-order valence-electron chi connectivity index (χ1n) is 4.66.